The van der Waals surface area contributed by atoms with Crippen LogP contribution >= 0.6 is 0 Å². The van der Waals surface area contributed by atoms with E-state index >= 15 is 0 Å². The zero-order valence-electron chi connectivity index (χ0n) is 9.60. The van der Waals surface area contributed by atoms with Gasteiger partial charge in [-0.05, 0) is 30.0 Å². The van der Waals surface area contributed by atoms with Crippen molar-refractivity contribution in [3.63, 3.8) is 0 Å². The first-order valence-electron chi connectivity index (χ1n) is 6.27. The predicted molar refractivity (Wildman–Crippen MR) is 67.3 cm³/mol. The molecule has 2 aliphatic rings. The molecule has 2 atom stereocenters. The van der Waals surface area contributed by atoms with E-state index in [9.17, 15) is 0 Å². The van der Waals surface area contributed by atoms with E-state index in [1.54, 1.807) is 0 Å². The maximum Gasteiger partial charge on any atom is 0.131 e. The van der Waals surface area contributed by atoms with Gasteiger partial charge in [0.05, 0.1) is 0 Å². The highest BCUT2D eigenvalue weighted by Crippen LogP contribution is 2.51. The zero-order chi connectivity index (χ0) is 11.2. The average molecular weight is 222 g/mol. The molecule has 1 nitrogen and oxygen atoms in total. The summed E-state index contributed by atoms with van der Waals surface area (Å²) in [6, 6.07) is 17.2. The first-order valence-corrected chi connectivity index (χ1v) is 6.27. The third-order valence-electron chi connectivity index (χ3n) is 4.02. The fourth-order valence-corrected chi connectivity index (χ4v) is 3.21. The molecule has 0 spiro atoms. The van der Waals surface area contributed by atoms with Gasteiger partial charge in [0.1, 0.15) is 11.9 Å². The van der Waals surface area contributed by atoms with E-state index in [2.05, 4.69) is 48.5 Å². The van der Waals surface area contributed by atoms with Crippen LogP contribution in [0.15, 0.2) is 48.5 Å². The molecular formula is C16H14O. The molecule has 0 saturated heterocycles. The van der Waals surface area contributed by atoms with Crippen molar-refractivity contribution in [1.29, 1.82) is 0 Å². The summed E-state index contributed by atoms with van der Waals surface area (Å²) in [6.45, 7) is 0. The molecule has 0 amide bonds. The van der Waals surface area contributed by atoms with E-state index in [1.807, 2.05) is 0 Å². The topological polar surface area (TPSA) is 9.23 Å². The van der Waals surface area contributed by atoms with Crippen molar-refractivity contribution in [2.24, 2.45) is 0 Å². The van der Waals surface area contributed by atoms with Gasteiger partial charge in [-0.25, -0.2) is 0 Å². The van der Waals surface area contributed by atoms with Gasteiger partial charge < -0.3 is 4.74 Å². The molecule has 1 heteroatoms. The second-order valence-corrected chi connectivity index (χ2v) is 4.92. The van der Waals surface area contributed by atoms with Crippen molar-refractivity contribution in [3.05, 3.63) is 65.2 Å². The number of aryl methyl sites for hydroxylation is 1. The Kier molecular flexibility index (Phi) is 1.84. The summed E-state index contributed by atoms with van der Waals surface area (Å²) in [6.07, 6.45) is 2.63. The van der Waals surface area contributed by atoms with Crippen molar-refractivity contribution in [1.82, 2.24) is 0 Å². The molecule has 1 aliphatic heterocycles. The van der Waals surface area contributed by atoms with Crippen LogP contribution < -0.4 is 4.74 Å². The number of benzene rings is 2. The number of ether oxygens (including phenoxy) is 1. The number of para-hydroxylation sites is 1. The summed E-state index contributed by atoms with van der Waals surface area (Å²) in [7, 11) is 0. The molecule has 0 N–H and O–H groups in total. The monoisotopic (exact) mass is 222 g/mol. The van der Waals surface area contributed by atoms with Gasteiger partial charge in [-0.1, -0.05) is 42.5 Å². The molecule has 2 aromatic carbocycles. The SMILES string of the molecule is c1ccc2c(c1)CC[C@@H]1c3ccccc3O[C@H]21. The van der Waals surface area contributed by atoms with Crippen LogP contribution in [0.1, 0.15) is 35.1 Å². The smallest absolute Gasteiger partial charge is 0.131 e. The standard InChI is InChI=1S/C16H14O/c1-2-6-12-11(5-1)9-10-14-13-7-3-4-8-15(13)17-16(12)14/h1-8,14,16H,9-10H2/t14-,16-/m1/s1. The van der Waals surface area contributed by atoms with Gasteiger partial charge in [0.15, 0.2) is 0 Å². The van der Waals surface area contributed by atoms with Gasteiger partial charge in [0, 0.05) is 11.5 Å². The Morgan fingerprint density at radius 2 is 1.65 bits per heavy atom. The molecule has 84 valence electrons. The van der Waals surface area contributed by atoms with Gasteiger partial charge in [0.25, 0.3) is 0 Å². The Hall–Kier alpha value is -1.76. The lowest BCUT2D eigenvalue weighted by Gasteiger charge is -2.27. The van der Waals surface area contributed by atoms with Gasteiger partial charge in [-0.3, -0.25) is 0 Å². The van der Waals surface area contributed by atoms with Crippen LogP contribution in [0.25, 0.3) is 0 Å². The lowest BCUT2D eigenvalue weighted by molar-refractivity contribution is 0.195. The molecule has 17 heavy (non-hydrogen) atoms. The average Bonchev–Trinajstić information content (AvgIpc) is 2.78. The molecule has 1 aliphatic carbocycles. The fourth-order valence-electron chi connectivity index (χ4n) is 3.21. The van der Waals surface area contributed by atoms with Gasteiger partial charge in [-0.15, -0.1) is 0 Å². The second-order valence-electron chi connectivity index (χ2n) is 4.92. The number of hydrogen-bond donors (Lipinski definition) is 0. The lowest BCUT2D eigenvalue weighted by Crippen LogP contribution is -2.18. The van der Waals surface area contributed by atoms with Crippen LogP contribution in [0.3, 0.4) is 0 Å². The lowest BCUT2D eigenvalue weighted by atomic mass is 9.79. The molecule has 0 fully saturated rings. The first kappa shape index (κ1) is 9.29. The largest absolute Gasteiger partial charge is 0.485 e. The second kappa shape index (κ2) is 3.36. The van der Waals surface area contributed by atoms with Crippen LogP contribution in [0, 0.1) is 0 Å². The van der Waals surface area contributed by atoms with E-state index < -0.39 is 0 Å². The minimum Gasteiger partial charge on any atom is -0.485 e. The quantitative estimate of drug-likeness (QED) is 0.658. The minimum atomic E-state index is 0.248. The summed E-state index contributed by atoms with van der Waals surface area (Å²) < 4.78 is 6.14. The molecule has 0 bridgehead atoms. The van der Waals surface area contributed by atoms with E-state index in [4.69, 9.17) is 4.74 Å². The van der Waals surface area contributed by atoms with Crippen LogP contribution in [-0.4, -0.2) is 0 Å². The summed E-state index contributed by atoms with van der Waals surface area (Å²) in [5, 5.41) is 0. The van der Waals surface area contributed by atoms with Crippen molar-refractivity contribution >= 4 is 0 Å². The molecule has 0 aromatic heterocycles. The molecule has 0 saturated carbocycles. The van der Waals surface area contributed by atoms with Crippen molar-refractivity contribution in [3.8, 4) is 5.75 Å². The Labute approximate surface area is 101 Å². The predicted octanol–water partition coefficient (Wildman–Crippen LogP) is 3.85. The van der Waals surface area contributed by atoms with Crippen LogP contribution in [0.4, 0.5) is 0 Å². The van der Waals surface area contributed by atoms with Crippen molar-refractivity contribution in [2.75, 3.05) is 0 Å². The summed E-state index contributed by atoms with van der Waals surface area (Å²) >= 11 is 0. The van der Waals surface area contributed by atoms with E-state index in [-0.39, 0.29) is 6.10 Å². The third-order valence-corrected chi connectivity index (χ3v) is 4.02. The number of rotatable bonds is 0. The van der Waals surface area contributed by atoms with Crippen LogP contribution in [0.2, 0.25) is 0 Å². The zero-order valence-corrected chi connectivity index (χ0v) is 9.60. The Balaban J connectivity index is 1.85. The minimum absolute atomic E-state index is 0.248. The van der Waals surface area contributed by atoms with E-state index in [0.29, 0.717) is 5.92 Å². The number of fused-ring (bicyclic) bond motifs is 5. The summed E-state index contributed by atoms with van der Waals surface area (Å²) in [5.74, 6) is 1.64. The fraction of sp³-hybridized carbons (Fsp3) is 0.250. The van der Waals surface area contributed by atoms with Crippen LogP contribution in [-0.2, 0) is 6.42 Å². The van der Waals surface area contributed by atoms with Gasteiger partial charge in [-0.2, -0.15) is 0 Å². The highest BCUT2D eigenvalue weighted by atomic mass is 16.5. The molecule has 0 unspecified atom stereocenters. The summed E-state index contributed by atoms with van der Waals surface area (Å²) in [4.78, 5) is 0. The maximum atomic E-state index is 6.14. The van der Waals surface area contributed by atoms with Crippen LogP contribution in [0.5, 0.6) is 5.75 Å². The summed E-state index contributed by atoms with van der Waals surface area (Å²) in [5.41, 5.74) is 4.24. The molecule has 1 heterocycles. The Morgan fingerprint density at radius 1 is 0.882 bits per heavy atom. The normalized spacial score (nSPS) is 24.5. The van der Waals surface area contributed by atoms with Gasteiger partial charge in [0.2, 0.25) is 0 Å². The molecule has 4 rings (SSSR count). The van der Waals surface area contributed by atoms with Crippen molar-refractivity contribution in [2.45, 2.75) is 24.9 Å². The maximum absolute atomic E-state index is 6.14. The Bertz CT molecular complexity index is 573. The van der Waals surface area contributed by atoms with Gasteiger partial charge >= 0.3 is 0 Å². The number of hydrogen-bond acceptors (Lipinski definition) is 1. The molecule has 0 radical (unpaired) electrons. The molecule has 2 aromatic rings. The van der Waals surface area contributed by atoms with E-state index in [1.165, 1.54) is 29.5 Å². The molecular weight excluding hydrogens is 208 g/mol. The van der Waals surface area contributed by atoms with E-state index in [0.717, 1.165) is 5.75 Å². The Morgan fingerprint density at radius 3 is 2.59 bits per heavy atom. The highest BCUT2D eigenvalue weighted by molar-refractivity contribution is 5.46. The first-order chi connectivity index (χ1) is 8.43. The van der Waals surface area contributed by atoms with Crippen molar-refractivity contribution < 1.29 is 4.74 Å². The third kappa shape index (κ3) is 1.25. The highest BCUT2D eigenvalue weighted by Gasteiger charge is 2.38.